The molecule has 2 heterocycles. The second-order valence-electron chi connectivity index (χ2n) is 7.22. The summed E-state index contributed by atoms with van der Waals surface area (Å²) < 4.78 is 9.10. The fourth-order valence-electron chi connectivity index (χ4n) is 3.18. The van der Waals surface area contributed by atoms with Crippen molar-refractivity contribution in [2.75, 3.05) is 6.54 Å². The standard InChI is InChI=1S/C14H21NO.C6H5BO6/c1-3-4-5-6-11-15-14(16)13-9-7-12(2)8-10-13;8-4-1-3-2-5(9)13-7(3,12-4)6(10)11/h7-10H,3-6,11H2,1-2H3,(H,15,16);1-2H2,(H,10,11). The summed E-state index contributed by atoms with van der Waals surface area (Å²) in [6.07, 6.45) is 4.50. The van der Waals surface area contributed by atoms with Gasteiger partial charge >= 0.3 is 18.5 Å². The molecule has 2 saturated heterocycles. The molecule has 0 unspecified atom stereocenters. The molecule has 156 valence electrons. The van der Waals surface area contributed by atoms with Gasteiger partial charge in [0.15, 0.2) is 0 Å². The average Bonchev–Trinajstić information content (AvgIpc) is 3.14. The SMILES string of the molecule is CCCCCCNC(=O)c1ccc(C)cc1.O=C1C[C+]2CC(=O)O[B-]2(C(=O)O)O1. The fourth-order valence-corrected chi connectivity index (χ4v) is 3.18. The molecule has 0 atom stereocenters. The number of hydrogen-bond donors (Lipinski definition) is 2. The number of aryl methyl sites for hydroxylation is 1. The number of carbonyl (C=O) groups excluding carboxylic acids is 3. The second-order valence-corrected chi connectivity index (χ2v) is 7.22. The van der Waals surface area contributed by atoms with Crippen LogP contribution in [0.4, 0.5) is 4.79 Å². The Kier molecular flexibility index (Phi) is 7.70. The fraction of sp³-hybridized carbons (Fsp3) is 0.450. The summed E-state index contributed by atoms with van der Waals surface area (Å²) in [6, 6.07) is 7.67. The Morgan fingerprint density at radius 1 is 1.07 bits per heavy atom. The molecular weight excluding hydrogens is 377 g/mol. The van der Waals surface area contributed by atoms with Crippen LogP contribution in [0.5, 0.6) is 0 Å². The van der Waals surface area contributed by atoms with E-state index in [0.29, 0.717) is 0 Å². The Balaban J connectivity index is 0.000000211. The first-order valence-electron chi connectivity index (χ1n) is 9.79. The van der Waals surface area contributed by atoms with Gasteiger partial charge in [0, 0.05) is 17.9 Å². The van der Waals surface area contributed by atoms with Crippen molar-refractivity contribution in [2.24, 2.45) is 0 Å². The van der Waals surface area contributed by atoms with Crippen LogP contribution >= 0.6 is 0 Å². The molecule has 3 rings (SSSR count). The Hall–Kier alpha value is -2.97. The first kappa shape index (κ1) is 22.3. The maximum atomic E-state index is 11.7. The molecule has 0 spiro atoms. The van der Waals surface area contributed by atoms with E-state index in [4.69, 9.17) is 5.11 Å². The molecule has 1 aromatic rings. The monoisotopic (exact) mass is 403 g/mol. The van der Waals surface area contributed by atoms with Crippen molar-refractivity contribution in [2.45, 2.75) is 52.4 Å². The molecule has 2 aliphatic rings. The van der Waals surface area contributed by atoms with Gasteiger partial charge in [-0.1, -0.05) is 43.9 Å². The molecular formula is C20H26BNO7. The quantitative estimate of drug-likeness (QED) is 0.408. The molecule has 1 amide bonds. The van der Waals surface area contributed by atoms with Crippen molar-refractivity contribution < 1.29 is 33.6 Å². The number of fused-ring (bicyclic) bond motifs is 1. The minimum absolute atomic E-state index is 0.0384. The van der Waals surface area contributed by atoms with Crippen molar-refractivity contribution in [3.63, 3.8) is 0 Å². The van der Waals surface area contributed by atoms with Crippen molar-refractivity contribution in [3.8, 4) is 0 Å². The van der Waals surface area contributed by atoms with E-state index in [1.807, 2.05) is 31.2 Å². The average molecular weight is 403 g/mol. The van der Waals surface area contributed by atoms with Gasteiger partial charge in [-0.2, -0.15) is 0 Å². The Morgan fingerprint density at radius 3 is 2.14 bits per heavy atom. The zero-order chi connectivity index (χ0) is 21.4. The van der Waals surface area contributed by atoms with Crippen LogP contribution in [0.25, 0.3) is 0 Å². The van der Waals surface area contributed by atoms with Crippen LogP contribution in [0.3, 0.4) is 0 Å². The van der Waals surface area contributed by atoms with E-state index in [1.165, 1.54) is 24.8 Å². The van der Waals surface area contributed by atoms with Gasteiger partial charge in [-0.15, -0.1) is 0 Å². The van der Waals surface area contributed by atoms with Crippen LogP contribution in [-0.4, -0.2) is 41.9 Å². The van der Waals surface area contributed by atoms with E-state index in [1.54, 1.807) is 0 Å². The van der Waals surface area contributed by atoms with Crippen LogP contribution in [0, 0.1) is 12.7 Å². The summed E-state index contributed by atoms with van der Waals surface area (Å²) in [5, 5.41) is 11.7. The van der Waals surface area contributed by atoms with Gasteiger partial charge in [0.05, 0.1) is 0 Å². The van der Waals surface area contributed by atoms with E-state index in [9.17, 15) is 19.2 Å². The van der Waals surface area contributed by atoms with E-state index in [2.05, 4.69) is 21.5 Å². The van der Waals surface area contributed by atoms with E-state index >= 15 is 0 Å². The number of carbonyl (C=O) groups is 4. The number of rotatable bonds is 7. The summed E-state index contributed by atoms with van der Waals surface area (Å²) in [7, 11) is 0. The number of nitrogens with one attached hydrogen (secondary N) is 1. The highest BCUT2D eigenvalue weighted by molar-refractivity contribution is 7.03. The zero-order valence-corrected chi connectivity index (χ0v) is 16.7. The lowest BCUT2D eigenvalue weighted by atomic mass is 9.49. The maximum Gasteiger partial charge on any atom is 0.662 e. The van der Waals surface area contributed by atoms with Crippen LogP contribution in [0.1, 0.15) is 61.4 Å². The predicted molar refractivity (Wildman–Crippen MR) is 106 cm³/mol. The number of benzene rings is 1. The van der Waals surface area contributed by atoms with Gasteiger partial charge in [-0.25, -0.2) is 0 Å². The molecule has 8 nitrogen and oxygen atoms in total. The van der Waals surface area contributed by atoms with Gasteiger partial charge in [-0.3, -0.25) is 19.2 Å². The third-order valence-corrected chi connectivity index (χ3v) is 4.83. The van der Waals surface area contributed by atoms with Crippen LogP contribution in [-0.2, 0) is 18.9 Å². The largest absolute Gasteiger partial charge is 0.662 e. The molecule has 0 bridgehead atoms. The first-order valence-corrected chi connectivity index (χ1v) is 9.79. The minimum Gasteiger partial charge on any atom is -0.606 e. The molecule has 9 heteroatoms. The van der Waals surface area contributed by atoms with Crippen molar-refractivity contribution in [1.82, 2.24) is 5.32 Å². The van der Waals surface area contributed by atoms with Crippen LogP contribution in [0.2, 0.25) is 0 Å². The summed E-state index contributed by atoms with van der Waals surface area (Å²) in [4.78, 5) is 44.0. The van der Waals surface area contributed by atoms with E-state index in [0.717, 1.165) is 18.5 Å². The number of hydrogen-bond acceptors (Lipinski definition) is 6. The predicted octanol–water partition coefficient (Wildman–Crippen LogP) is 3.00. The Bertz CT molecular complexity index is 743. The van der Waals surface area contributed by atoms with Crippen molar-refractivity contribution in [1.29, 1.82) is 0 Å². The zero-order valence-electron chi connectivity index (χ0n) is 16.7. The van der Waals surface area contributed by atoms with Crippen LogP contribution in [0.15, 0.2) is 24.3 Å². The summed E-state index contributed by atoms with van der Waals surface area (Å²) in [5.74, 6) is -2.42. The molecule has 29 heavy (non-hydrogen) atoms. The van der Waals surface area contributed by atoms with Crippen molar-refractivity contribution in [3.05, 3.63) is 41.2 Å². The molecule has 2 aliphatic heterocycles. The number of unbranched alkanes of at least 4 members (excludes halogenated alkanes) is 3. The van der Waals surface area contributed by atoms with E-state index in [-0.39, 0.29) is 24.6 Å². The lowest BCUT2D eigenvalue weighted by Crippen LogP contribution is -2.48. The Morgan fingerprint density at radius 2 is 1.66 bits per heavy atom. The van der Waals surface area contributed by atoms with Gasteiger partial charge < -0.3 is 19.7 Å². The Labute approximate surface area is 169 Å². The molecule has 0 radical (unpaired) electrons. The van der Waals surface area contributed by atoms with Crippen molar-refractivity contribution >= 4 is 30.3 Å². The number of carboxylic acid groups (broad SMARTS) is 1. The summed E-state index contributed by atoms with van der Waals surface area (Å²) in [6.45, 7) is 2.18. The van der Waals surface area contributed by atoms with Gasteiger partial charge in [0.25, 0.3) is 11.8 Å². The van der Waals surface area contributed by atoms with Gasteiger partial charge in [-0.05, 0) is 25.5 Å². The molecule has 1 aromatic carbocycles. The molecule has 0 aromatic heterocycles. The van der Waals surface area contributed by atoms with Gasteiger partial charge in [0.1, 0.15) is 12.8 Å². The third kappa shape index (κ3) is 5.76. The van der Waals surface area contributed by atoms with Gasteiger partial charge in [0.2, 0.25) is 0 Å². The highest BCUT2D eigenvalue weighted by atomic mass is 16.7. The maximum absolute atomic E-state index is 11.7. The summed E-state index contributed by atoms with van der Waals surface area (Å²) >= 11 is 0. The molecule has 0 saturated carbocycles. The summed E-state index contributed by atoms with van der Waals surface area (Å²) in [5.41, 5.74) is 1.93. The van der Waals surface area contributed by atoms with E-state index < -0.39 is 24.4 Å². The third-order valence-electron chi connectivity index (χ3n) is 4.83. The lowest BCUT2D eigenvalue weighted by Gasteiger charge is -2.18. The molecule has 2 N–H and O–H groups in total. The number of amides is 1. The topological polar surface area (TPSA) is 119 Å². The smallest absolute Gasteiger partial charge is 0.606 e. The molecule has 2 fully saturated rings. The normalized spacial score (nSPS) is 16.3. The lowest BCUT2D eigenvalue weighted by molar-refractivity contribution is -0.138. The highest BCUT2D eigenvalue weighted by Crippen LogP contribution is 2.40. The second kappa shape index (κ2) is 10.00. The minimum atomic E-state index is -2.81. The first-order chi connectivity index (χ1) is 13.8. The molecule has 0 aliphatic carbocycles. The highest BCUT2D eigenvalue weighted by Gasteiger charge is 2.70. The van der Waals surface area contributed by atoms with Crippen LogP contribution < -0.4 is 5.32 Å².